The van der Waals surface area contributed by atoms with Crippen LogP contribution >= 0.6 is 7.82 Å². The zero-order valence-corrected chi connectivity index (χ0v) is 26.3. The normalized spacial score (nSPS) is 14.4. The molecular formula is C31H58NO6P. The summed E-state index contributed by atoms with van der Waals surface area (Å²) in [5.41, 5.74) is 1.47. The van der Waals surface area contributed by atoms with E-state index in [0.717, 1.165) is 12.8 Å². The number of hydrogen-bond acceptors (Lipinski definition) is 6. The van der Waals surface area contributed by atoms with Crippen LogP contribution in [-0.2, 0) is 29.5 Å². The predicted octanol–water partition coefficient (Wildman–Crippen LogP) is 6.93. The standard InChI is InChI=1S/C31H58NO6P/c1-32(2,3)25-27-37-39(33,34)38-29-31(35-4)28-36-26-21-16-14-12-10-8-6-5-7-9-11-13-15-18-22-30-23-19-17-20-24-30/h17,19-20,23-24,31H,5-16,18,21-22,25-29H2,1-4H3. The topological polar surface area (TPSA) is 77.1 Å². The summed E-state index contributed by atoms with van der Waals surface area (Å²) in [6, 6.07) is 10.8. The van der Waals surface area contributed by atoms with Gasteiger partial charge in [0.25, 0.3) is 7.82 Å². The number of nitrogens with zero attached hydrogens (tertiary/aromatic N) is 1. The lowest BCUT2D eigenvalue weighted by Crippen LogP contribution is -2.37. The highest BCUT2D eigenvalue weighted by molar-refractivity contribution is 7.45. The number of phosphoric acid groups is 1. The molecule has 1 aromatic rings. The van der Waals surface area contributed by atoms with Crippen LogP contribution < -0.4 is 4.89 Å². The minimum Gasteiger partial charge on any atom is -0.756 e. The molecule has 0 fully saturated rings. The maximum absolute atomic E-state index is 11.9. The third kappa shape index (κ3) is 23.6. The van der Waals surface area contributed by atoms with Crippen LogP contribution in [0.15, 0.2) is 30.3 Å². The first-order valence-electron chi connectivity index (χ1n) is 15.3. The molecule has 0 aliphatic carbocycles. The molecule has 8 heteroatoms. The fourth-order valence-electron chi connectivity index (χ4n) is 4.34. The van der Waals surface area contributed by atoms with Gasteiger partial charge < -0.3 is 27.9 Å². The Morgan fingerprint density at radius 3 is 1.74 bits per heavy atom. The molecule has 0 aliphatic heterocycles. The lowest BCUT2D eigenvalue weighted by molar-refractivity contribution is -0.870. The van der Waals surface area contributed by atoms with Gasteiger partial charge in [0.2, 0.25) is 0 Å². The van der Waals surface area contributed by atoms with Crippen molar-refractivity contribution in [2.24, 2.45) is 0 Å². The molecule has 7 nitrogen and oxygen atoms in total. The fourth-order valence-corrected chi connectivity index (χ4v) is 5.07. The fraction of sp³-hybridized carbons (Fsp3) is 0.806. The summed E-state index contributed by atoms with van der Waals surface area (Å²) in [6.07, 6.45) is 19.2. The Labute approximate surface area is 239 Å². The molecule has 1 aromatic carbocycles. The van der Waals surface area contributed by atoms with E-state index < -0.39 is 13.9 Å². The van der Waals surface area contributed by atoms with Gasteiger partial charge in [0.1, 0.15) is 19.3 Å². The predicted molar refractivity (Wildman–Crippen MR) is 159 cm³/mol. The molecule has 0 aliphatic rings. The highest BCUT2D eigenvalue weighted by Crippen LogP contribution is 2.38. The van der Waals surface area contributed by atoms with Crippen LogP contribution in [0.25, 0.3) is 0 Å². The maximum atomic E-state index is 11.9. The number of quaternary nitrogens is 1. The van der Waals surface area contributed by atoms with E-state index >= 15 is 0 Å². The number of ether oxygens (including phenoxy) is 2. The van der Waals surface area contributed by atoms with Crippen molar-refractivity contribution < 1.29 is 32.5 Å². The highest BCUT2D eigenvalue weighted by atomic mass is 31.2. The number of benzene rings is 1. The minimum absolute atomic E-state index is 0.0919. The van der Waals surface area contributed by atoms with E-state index in [2.05, 4.69) is 30.3 Å². The summed E-state index contributed by atoms with van der Waals surface area (Å²) < 4.78 is 33.3. The Bertz CT molecular complexity index is 728. The van der Waals surface area contributed by atoms with Gasteiger partial charge in [-0.3, -0.25) is 4.57 Å². The first-order chi connectivity index (χ1) is 18.7. The van der Waals surface area contributed by atoms with Crippen molar-refractivity contribution in [1.29, 1.82) is 0 Å². The second-order valence-corrected chi connectivity index (χ2v) is 13.1. The molecule has 228 valence electrons. The van der Waals surface area contributed by atoms with E-state index in [9.17, 15) is 9.46 Å². The molecule has 0 saturated heterocycles. The molecule has 0 heterocycles. The third-order valence-electron chi connectivity index (χ3n) is 6.91. The summed E-state index contributed by atoms with van der Waals surface area (Å²) in [5, 5.41) is 0. The quantitative estimate of drug-likeness (QED) is 0.0647. The highest BCUT2D eigenvalue weighted by Gasteiger charge is 2.16. The van der Waals surface area contributed by atoms with E-state index in [1.807, 2.05) is 21.1 Å². The van der Waals surface area contributed by atoms with Crippen molar-refractivity contribution in [3.8, 4) is 0 Å². The number of likely N-dealkylation sites (N-methyl/N-ethyl adjacent to an activating group) is 1. The van der Waals surface area contributed by atoms with Crippen molar-refractivity contribution >= 4 is 7.82 Å². The van der Waals surface area contributed by atoms with E-state index in [1.54, 1.807) is 0 Å². The molecule has 0 aromatic heterocycles. The maximum Gasteiger partial charge on any atom is 0.268 e. The minimum atomic E-state index is -4.33. The molecule has 2 unspecified atom stereocenters. The lowest BCUT2D eigenvalue weighted by Gasteiger charge is -2.28. The Morgan fingerprint density at radius 1 is 0.718 bits per heavy atom. The van der Waals surface area contributed by atoms with Gasteiger partial charge in [-0.2, -0.15) is 0 Å². The zero-order valence-electron chi connectivity index (χ0n) is 25.5. The number of hydrogen-bond donors (Lipinski definition) is 0. The first kappa shape index (κ1) is 36.2. The van der Waals surface area contributed by atoms with Gasteiger partial charge in [-0.05, 0) is 24.8 Å². The summed E-state index contributed by atoms with van der Waals surface area (Å²) >= 11 is 0. The molecule has 0 saturated carbocycles. The number of phosphoric ester groups is 1. The monoisotopic (exact) mass is 571 g/mol. The van der Waals surface area contributed by atoms with Crippen LogP contribution in [0.1, 0.15) is 95.5 Å². The van der Waals surface area contributed by atoms with Gasteiger partial charge in [-0.1, -0.05) is 107 Å². The molecule has 1 rings (SSSR count). The van der Waals surface area contributed by atoms with Crippen LogP contribution in [0.5, 0.6) is 0 Å². The summed E-state index contributed by atoms with van der Waals surface area (Å²) in [6.45, 7) is 1.53. The number of unbranched alkanes of at least 4 members (excludes halogenated alkanes) is 13. The van der Waals surface area contributed by atoms with Crippen molar-refractivity contribution in [2.75, 3.05) is 61.2 Å². The zero-order chi connectivity index (χ0) is 28.7. The number of methoxy groups -OCH3 is 1. The second kappa shape index (κ2) is 22.8. The van der Waals surface area contributed by atoms with Crippen LogP contribution in [0.4, 0.5) is 0 Å². The van der Waals surface area contributed by atoms with Crippen LogP contribution in [-0.4, -0.2) is 71.8 Å². The average Bonchev–Trinajstić information content (AvgIpc) is 2.89. The van der Waals surface area contributed by atoms with E-state index in [0.29, 0.717) is 24.2 Å². The molecule has 0 N–H and O–H groups in total. The summed E-state index contributed by atoms with van der Waals surface area (Å²) in [7, 11) is 3.11. The lowest BCUT2D eigenvalue weighted by atomic mass is 10.0. The molecule has 2 atom stereocenters. The molecule has 0 bridgehead atoms. The van der Waals surface area contributed by atoms with Gasteiger partial charge in [-0.15, -0.1) is 0 Å². The number of rotatable bonds is 27. The molecule has 0 spiro atoms. The number of aryl methyl sites for hydroxylation is 1. The van der Waals surface area contributed by atoms with Crippen LogP contribution in [0, 0.1) is 0 Å². The Balaban J connectivity index is 1.84. The Kier molecular flexibility index (Phi) is 21.2. The van der Waals surface area contributed by atoms with Gasteiger partial charge in [0.15, 0.2) is 0 Å². The average molecular weight is 572 g/mol. The van der Waals surface area contributed by atoms with Gasteiger partial charge in [0.05, 0.1) is 34.4 Å². The Morgan fingerprint density at radius 2 is 1.23 bits per heavy atom. The van der Waals surface area contributed by atoms with Crippen LogP contribution in [0.2, 0.25) is 0 Å². The summed E-state index contributed by atoms with van der Waals surface area (Å²) in [5.74, 6) is 0. The molecule has 39 heavy (non-hydrogen) atoms. The Hall–Kier alpha value is -0.790. The van der Waals surface area contributed by atoms with Crippen molar-refractivity contribution in [3.63, 3.8) is 0 Å². The summed E-state index contributed by atoms with van der Waals surface area (Å²) in [4.78, 5) is 11.9. The van der Waals surface area contributed by atoms with Gasteiger partial charge >= 0.3 is 0 Å². The van der Waals surface area contributed by atoms with Crippen molar-refractivity contribution in [1.82, 2.24) is 0 Å². The van der Waals surface area contributed by atoms with Crippen molar-refractivity contribution in [2.45, 2.75) is 102 Å². The first-order valence-corrected chi connectivity index (χ1v) is 16.7. The van der Waals surface area contributed by atoms with E-state index in [-0.39, 0.29) is 13.2 Å². The smallest absolute Gasteiger partial charge is 0.268 e. The second-order valence-electron chi connectivity index (χ2n) is 11.7. The largest absolute Gasteiger partial charge is 0.756 e. The van der Waals surface area contributed by atoms with Gasteiger partial charge in [0, 0.05) is 13.7 Å². The van der Waals surface area contributed by atoms with E-state index in [4.69, 9.17) is 18.5 Å². The SMILES string of the molecule is COC(COCCCCCCCCCCCCCCCCc1ccccc1)COP(=O)([O-])OCC[N+](C)(C)C. The molecular weight excluding hydrogens is 513 g/mol. The molecule has 0 amide bonds. The van der Waals surface area contributed by atoms with Crippen molar-refractivity contribution in [3.05, 3.63) is 35.9 Å². The van der Waals surface area contributed by atoms with Gasteiger partial charge in [-0.25, -0.2) is 0 Å². The van der Waals surface area contributed by atoms with Crippen LogP contribution in [0.3, 0.4) is 0 Å². The molecule has 0 radical (unpaired) electrons. The third-order valence-corrected chi connectivity index (χ3v) is 7.88. The van der Waals surface area contributed by atoms with E-state index in [1.165, 1.54) is 96.1 Å².